The summed E-state index contributed by atoms with van der Waals surface area (Å²) >= 11 is 0. The predicted molar refractivity (Wildman–Crippen MR) is 69.8 cm³/mol. The van der Waals surface area contributed by atoms with Crippen molar-refractivity contribution in [1.29, 1.82) is 0 Å². The van der Waals surface area contributed by atoms with Crippen molar-refractivity contribution in [2.24, 2.45) is 11.8 Å². The molecule has 1 aliphatic heterocycles. The Hall–Kier alpha value is -0.570. The number of carbonyl (C=O) groups excluding carboxylic acids is 1. The second-order valence-corrected chi connectivity index (χ2v) is 6.02. The minimum atomic E-state index is 0.0445. The van der Waals surface area contributed by atoms with Crippen LogP contribution in [0, 0.1) is 11.8 Å². The zero-order valence-electron chi connectivity index (χ0n) is 11.2. The third kappa shape index (κ3) is 3.44. The van der Waals surface area contributed by atoms with Crippen LogP contribution in [0.2, 0.25) is 0 Å². The smallest absolute Gasteiger partial charge is 0.237 e. The Morgan fingerprint density at radius 3 is 2.47 bits per heavy atom. The molecule has 98 valence electrons. The summed E-state index contributed by atoms with van der Waals surface area (Å²) in [6, 6.07) is 0.470. The van der Waals surface area contributed by atoms with Crippen LogP contribution < -0.4 is 10.6 Å². The number of rotatable bonds is 2. The van der Waals surface area contributed by atoms with E-state index in [1.54, 1.807) is 0 Å². The molecule has 1 heterocycles. The lowest BCUT2D eigenvalue weighted by atomic mass is 9.86. The highest BCUT2D eigenvalue weighted by Gasteiger charge is 2.29. The molecule has 17 heavy (non-hydrogen) atoms. The maximum atomic E-state index is 12.2. The molecule has 2 atom stereocenters. The van der Waals surface area contributed by atoms with Gasteiger partial charge in [-0.25, -0.2) is 0 Å². The Balaban J connectivity index is 1.79. The van der Waals surface area contributed by atoms with Gasteiger partial charge in [0.2, 0.25) is 5.91 Å². The van der Waals surface area contributed by atoms with Gasteiger partial charge in [-0.3, -0.25) is 4.79 Å². The van der Waals surface area contributed by atoms with Crippen LogP contribution in [-0.4, -0.2) is 24.5 Å². The number of piperidine rings is 1. The first-order chi connectivity index (χ1) is 8.16. The van der Waals surface area contributed by atoms with Crippen molar-refractivity contribution in [2.45, 2.75) is 64.5 Å². The summed E-state index contributed by atoms with van der Waals surface area (Å²) in [6.45, 7) is 5.48. The summed E-state index contributed by atoms with van der Waals surface area (Å²) in [5, 5.41) is 6.59. The highest BCUT2D eigenvalue weighted by Crippen LogP contribution is 2.24. The monoisotopic (exact) mass is 238 g/mol. The Morgan fingerprint density at radius 2 is 1.82 bits per heavy atom. The first-order valence-corrected chi connectivity index (χ1v) is 7.20. The standard InChI is InChI=1S/C14H26N2O/c1-10-5-7-12(8-6-10)16-14(17)13-11(2)4-3-9-15-13/h10-13,15H,3-9H2,1-2H3,(H,16,17). The molecule has 2 fully saturated rings. The van der Waals surface area contributed by atoms with Crippen molar-refractivity contribution in [3.05, 3.63) is 0 Å². The average molecular weight is 238 g/mol. The summed E-state index contributed by atoms with van der Waals surface area (Å²) in [5.74, 6) is 1.55. The number of nitrogens with one attached hydrogen (secondary N) is 2. The lowest BCUT2D eigenvalue weighted by molar-refractivity contribution is -0.125. The van der Waals surface area contributed by atoms with Gasteiger partial charge >= 0.3 is 0 Å². The van der Waals surface area contributed by atoms with Gasteiger partial charge in [0.05, 0.1) is 6.04 Å². The second-order valence-electron chi connectivity index (χ2n) is 6.02. The second kappa shape index (κ2) is 5.85. The molecule has 2 N–H and O–H groups in total. The summed E-state index contributed by atoms with van der Waals surface area (Å²) in [6.07, 6.45) is 7.22. The molecule has 1 saturated carbocycles. The van der Waals surface area contributed by atoms with Crippen molar-refractivity contribution in [1.82, 2.24) is 10.6 Å². The molecule has 1 saturated heterocycles. The summed E-state index contributed by atoms with van der Waals surface area (Å²) in [7, 11) is 0. The van der Waals surface area contributed by atoms with Crippen molar-refractivity contribution in [3.8, 4) is 0 Å². The van der Waals surface area contributed by atoms with Crippen LogP contribution in [0.3, 0.4) is 0 Å². The number of hydrogen-bond donors (Lipinski definition) is 2. The Morgan fingerprint density at radius 1 is 1.12 bits per heavy atom. The zero-order chi connectivity index (χ0) is 12.3. The molecule has 0 spiro atoms. The first kappa shape index (κ1) is 12.9. The van der Waals surface area contributed by atoms with Gasteiger partial charge in [-0.15, -0.1) is 0 Å². The van der Waals surface area contributed by atoms with Crippen LogP contribution >= 0.6 is 0 Å². The van der Waals surface area contributed by atoms with Crippen molar-refractivity contribution < 1.29 is 4.79 Å². The highest BCUT2D eigenvalue weighted by molar-refractivity contribution is 5.82. The molecule has 2 aliphatic rings. The SMILES string of the molecule is CC1CCC(NC(=O)C2NCCCC2C)CC1. The quantitative estimate of drug-likeness (QED) is 0.773. The van der Waals surface area contributed by atoms with Crippen LogP contribution in [-0.2, 0) is 4.79 Å². The Labute approximate surface area is 105 Å². The molecule has 2 rings (SSSR count). The minimum absolute atomic E-state index is 0.0445. The molecule has 0 aromatic heterocycles. The third-order valence-corrected chi connectivity index (χ3v) is 4.41. The predicted octanol–water partition coefficient (Wildman–Crippen LogP) is 2.07. The van der Waals surface area contributed by atoms with E-state index in [-0.39, 0.29) is 11.9 Å². The van der Waals surface area contributed by atoms with Crippen LogP contribution in [0.1, 0.15) is 52.4 Å². The van der Waals surface area contributed by atoms with E-state index in [0.29, 0.717) is 12.0 Å². The molecular weight excluding hydrogens is 212 g/mol. The van der Waals surface area contributed by atoms with Gasteiger partial charge in [-0.2, -0.15) is 0 Å². The molecular formula is C14H26N2O. The summed E-state index contributed by atoms with van der Waals surface area (Å²) < 4.78 is 0. The molecule has 3 heteroatoms. The van der Waals surface area contributed by atoms with Crippen molar-refractivity contribution >= 4 is 5.91 Å². The van der Waals surface area contributed by atoms with Crippen LogP contribution in [0.15, 0.2) is 0 Å². The fraction of sp³-hybridized carbons (Fsp3) is 0.929. The van der Waals surface area contributed by atoms with Crippen molar-refractivity contribution in [2.75, 3.05) is 6.54 Å². The van der Waals surface area contributed by atoms with E-state index in [1.807, 2.05) is 0 Å². The maximum Gasteiger partial charge on any atom is 0.237 e. The maximum absolute atomic E-state index is 12.2. The fourth-order valence-corrected chi connectivity index (χ4v) is 3.10. The van der Waals surface area contributed by atoms with Gasteiger partial charge in [0.25, 0.3) is 0 Å². The molecule has 0 aromatic rings. The van der Waals surface area contributed by atoms with Crippen LogP contribution in [0.4, 0.5) is 0 Å². The van der Waals surface area contributed by atoms with Gasteiger partial charge < -0.3 is 10.6 Å². The topological polar surface area (TPSA) is 41.1 Å². The summed E-state index contributed by atoms with van der Waals surface area (Å²) in [5.41, 5.74) is 0. The minimum Gasteiger partial charge on any atom is -0.352 e. The molecule has 3 nitrogen and oxygen atoms in total. The number of carbonyl (C=O) groups is 1. The third-order valence-electron chi connectivity index (χ3n) is 4.41. The number of hydrogen-bond acceptors (Lipinski definition) is 2. The van der Waals surface area contributed by atoms with E-state index < -0.39 is 0 Å². The lowest BCUT2D eigenvalue weighted by Gasteiger charge is -2.32. The number of amides is 1. The average Bonchev–Trinajstić information content (AvgIpc) is 2.32. The first-order valence-electron chi connectivity index (χ1n) is 7.20. The Kier molecular flexibility index (Phi) is 4.43. The molecule has 2 unspecified atom stereocenters. The largest absolute Gasteiger partial charge is 0.352 e. The van der Waals surface area contributed by atoms with E-state index in [4.69, 9.17) is 0 Å². The van der Waals surface area contributed by atoms with Gasteiger partial charge in [0.15, 0.2) is 0 Å². The van der Waals surface area contributed by atoms with Crippen molar-refractivity contribution in [3.63, 3.8) is 0 Å². The lowest BCUT2D eigenvalue weighted by Crippen LogP contribution is -2.53. The van der Waals surface area contributed by atoms with E-state index >= 15 is 0 Å². The van der Waals surface area contributed by atoms with Crippen LogP contribution in [0.25, 0.3) is 0 Å². The molecule has 0 radical (unpaired) electrons. The van der Waals surface area contributed by atoms with Gasteiger partial charge in [-0.1, -0.05) is 13.8 Å². The van der Waals surface area contributed by atoms with Gasteiger partial charge in [0.1, 0.15) is 0 Å². The van der Waals surface area contributed by atoms with Gasteiger partial charge in [0, 0.05) is 6.04 Å². The Bertz CT molecular complexity index is 259. The molecule has 1 aliphatic carbocycles. The zero-order valence-corrected chi connectivity index (χ0v) is 11.2. The summed E-state index contributed by atoms with van der Waals surface area (Å²) in [4.78, 5) is 12.2. The van der Waals surface area contributed by atoms with E-state index in [2.05, 4.69) is 24.5 Å². The van der Waals surface area contributed by atoms with E-state index in [9.17, 15) is 4.79 Å². The highest BCUT2D eigenvalue weighted by atomic mass is 16.2. The van der Waals surface area contributed by atoms with Crippen LogP contribution in [0.5, 0.6) is 0 Å². The normalized spacial score (nSPS) is 38.7. The van der Waals surface area contributed by atoms with Gasteiger partial charge in [-0.05, 0) is 56.9 Å². The van der Waals surface area contributed by atoms with E-state index in [0.717, 1.165) is 25.3 Å². The molecule has 0 aromatic carbocycles. The molecule has 1 amide bonds. The molecule has 0 bridgehead atoms. The fourth-order valence-electron chi connectivity index (χ4n) is 3.10. The van der Waals surface area contributed by atoms with E-state index in [1.165, 1.54) is 25.7 Å².